The topological polar surface area (TPSA) is 85.8 Å². The second kappa shape index (κ2) is 6.88. The first-order chi connectivity index (χ1) is 11.5. The zero-order chi connectivity index (χ0) is 17.1. The van der Waals surface area contributed by atoms with Gasteiger partial charge in [-0.05, 0) is 32.4 Å². The third-order valence-electron chi connectivity index (χ3n) is 3.42. The minimum absolute atomic E-state index is 0.185. The molecule has 2 aromatic heterocycles. The molecule has 0 aliphatic rings. The molecule has 2 heterocycles. The lowest BCUT2D eigenvalue weighted by Crippen LogP contribution is -2.22. The molecule has 0 radical (unpaired) electrons. The molecule has 7 nitrogen and oxygen atoms in total. The van der Waals surface area contributed by atoms with Crippen LogP contribution in [0, 0.1) is 13.8 Å². The first-order valence-corrected chi connectivity index (χ1v) is 8.29. The summed E-state index contributed by atoms with van der Waals surface area (Å²) in [6, 6.07) is 9.62. The van der Waals surface area contributed by atoms with Gasteiger partial charge in [0.2, 0.25) is 11.8 Å². The van der Waals surface area contributed by atoms with Gasteiger partial charge in [0.15, 0.2) is 5.16 Å². The number of aromatic nitrogens is 4. The zero-order valence-electron chi connectivity index (χ0n) is 13.6. The van der Waals surface area contributed by atoms with E-state index in [0.717, 1.165) is 11.3 Å². The number of rotatable bonds is 5. The Morgan fingerprint density at radius 2 is 2.12 bits per heavy atom. The van der Waals surface area contributed by atoms with Crippen LogP contribution >= 0.6 is 11.8 Å². The van der Waals surface area contributed by atoms with Gasteiger partial charge in [-0.2, -0.15) is 0 Å². The fourth-order valence-corrected chi connectivity index (χ4v) is 3.00. The molecule has 0 bridgehead atoms. The third kappa shape index (κ3) is 3.48. The fourth-order valence-electron chi connectivity index (χ4n) is 2.16. The van der Waals surface area contributed by atoms with Crippen LogP contribution in [-0.4, -0.2) is 31.1 Å². The maximum absolute atomic E-state index is 12.3. The fraction of sp³-hybridized carbons (Fsp3) is 0.250. The lowest BCUT2D eigenvalue weighted by Gasteiger charge is -2.12. The lowest BCUT2D eigenvalue weighted by molar-refractivity contribution is -0.115. The Labute approximate surface area is 143 Å². The highest BCUT2D eigenvalue weighted by Gasteiger charge is 2.20. The van der Waals surface area contributed by atoms with Gasteiger partial charge in [0, 0.05) is 6.07 Å². The van der Waals surface area contributed by atoms with Gasteiger partial charge >= 0.3 is 0 Å². The van der Waals surface area contributed by atoms with E-state index in [-0.39, 0.29) is 11.2 Å². The molecule has 3 aromatic rings. The molecule has 1 atom stereocenters. The van der Waals surface area contributed by atoms with Crippen molar-refractivity contribution in [2.45, 2.75) is 31.2 Å². The summed E-state index contributed by atoms with van der Waals surface area (Å²) in [5.41, 5.74) is 2.81. The molecule has 1 N–H and O–H groups in total. The van der Waals surface area contributed by atoms with Crippen LogP contribution in [0.4, 0.5) is 5.88 Å². The number of thioether (sulfide) groups is 1. The normalized spacial score (nSPS) is 12.1. The van der Waals surface area contributed by atoms with Gasteiger partial charge in [-0.1, -0.05) is 35.1 Å². The number of benzene rings is 1. The lowest BCUT2D eigenvalue weighted by atomic mass is 10.2. The highest BCUT2D eigenvalue weighted by molar-refractivity contribution is 8.00. The number of hydrogen-bond donors (Lipinski definition) is 1. The maximum atomic E-state index is 12.3. The van der Waals surface area contributed by atoms with Crippen LogP contribution in [0.3, 0.4) is 0 Å². The molecule has 1 amide bonds. The molecule has 0 aliphatic carbocycles. The predicted molar refractivity (Wildman–Crippen MR) is 91.3 cm³/mol. The monoisotopic (exact) mass is 343 g/mol. The van der Waals surface area contributed by atoms with Gasteiger partial charge < -0.3 is 4.52 Å². The molecule has 0 saturated heterocycles. The summed E-state index contributed by atoms with van der Waals surface area (Å²) < 4.78 is 6.88. The molecule has 3 rings (SSSR count). The Morgan fingerprint density at radius 1 is 1.33 bits per heavy atom. The van der Waals surface area contributed by atoms with E-state index >= 15 is 0 Å². The summed E-state index contributed by atoms with van der Waals surface area (Å²) in [6.45, 7) is 5.62. The average Bonchev–Trinajstić information content (AvgIpc) is 3.17. The Kier molecular flexibility index (Phi) is 4.66. The number of nitrogens with one attached hydrogen (secondary N) is 1. The van der Waals surface area contributed by atoms with Crippen molar-refractivity contribution in [3.63, 3.8) is 0 Å². The standard InChI is InChI=1S/C16H17N5O2S/c1-10-6-4-5-7-13(10)21-9-17-19-16(21)24-12(3)15(22)18-14-8-11(2)20-23-14/h4-9,12H,1-3H3,(H,18,22)/t12-/m1/s1. The second-order valence-electron chi connectivity index (χ2n) is 5.35. The number of amides is 1. The van der Waals surface area contributed by atoms with Crippen LogP contribution < -0.4 is 5.32 Å². The number of aryl methyl sites for hydroxylation is 2. The summed E-state index contributed by atoms with van der Waals surface area (Å²) in [5.74, 6) is 0.154. The van der Waals surface area contributed by atoms with Crippen molar-refractivity contribution in [1.29, 1.82) is 0 Å². The van der Waals surface area contributed by atoms with E-state index in [4.69, 9.17) is 4.52 Å². The van der Waals surface area contributed by atoms with Gasteiger partial charge in [-0.3, -0.25) is 14.7 Å². The van der Waals surface area contributed by atoms with Crippen molar-refractivity contribution in [2.75, 3.05) is 5.32 Å². The van der Waals surface area contributed by atoms with Gasteiger partial charge in [0.1, 0.15) is 6.33 Å². The van der Waals surface area contributed by atoms with Crippen molar-refractivity contribution in [3.05, 3.63) is 47.9 Å². The number of carbonyl (C=O) groups excluding carboxylic acids is 1. The van der Waals surface area contributed by atoms with Crippen LogP contribution in [0.25, 0.3) is 5.69 Å². The number of hydrogen-bond acceptors (Lipinski definition) is 6. The largest absolute Gasteiger partial charge is 0.338 e. The van der Waals surface area contributed by atoms with Crippen LogP contribution in [0.2, 0.25) is 0 Å². The van der Waals surface area contributed by atoms with Gasteiger partial charge in [0.05, 0.1) is 16.6 Å². The van der Waals surface area contributed by atoms with E-state index < -0.39 is 0 Å². The van der Waals surface area contributed by atoms with Gasteiger partial charge in [0.25, 0.3) is 0 Å². The number of anilines is 1. The van der Waals surface area contributed by atoms with E-state index in [1.807, 2.05) is 35.8 Å². The van der Waals surface area contributed by atoms with E-state index in [9.17, 15) is 4.79 Å². The maximum Gasteiger partial charge on any atom is 0.240 e. The van der Waals surface area contributed by atoms with Crippen LogP contribution in [0.15, 0.2) is 46.3 Å². The summed E-state index contributed by atoms with van der Waals surface area (Å²) in [4.78, 5) is 12.3. The first-order valence-electron chi connectivity index (χ1n) is 7.41. The molecule has 0 fully saturated rings. The van der Waals surface area contributed by atoms with E-state index in [0.29, 0.717) is 16.7 Å². The molecule has 0 saturated carbocycles. The molecule has 8 heteroatoms. The Bertz CT molecular complexity index is 858. The SMILES string of the molecule is Cc1cc(NC(=O)[C@@H](C)Sc2nncn2-c2ccccc2C)on1. The van der Waals surface area contributed by atoms with E-state index in [1.165, 1.54) is 11.8 Å². The molecular formula is C16H17N5O2S. The van der Waals surface area contributed by atoms with E-state index in [1.54, 1.807) is 26.2 Å². The van der Waals surface area contributed by atoms with Crippen molar-refractivity contribution in [2.24, 2.45) is 0 Å². The van der Waals surface area contributed by atoms with Crippen LogP contribution in [0.5, 0.6) is 0 Å². The third-order valence-corrected chi connectivity index (χ3v) is 4.47. The summed E-state index contributed by atoms with van der Waals surface area (Å²) in [6.07, 6.45) is 1.65. The van der Waals surface area contributed by atoms with E-state index in [2.05, 4.69) is 20.7 Å². The Morgan fingerprint density at radius 3 is 2.83 bits per heavy atom. The second-order valence-corrected chi connectivity index (χ2v) is 6.66. The summed E-state index contributed by atoms with van der Waals surface area (Å²) >= 11 is 1.33. The Balaban J connectivity index is 1.73. The molecule has 24 heavy (non-hydrogen) atoms. The number of carbonyl (C=O) groups is 1. The summed E-state index contributed by atoms with van der Waals surface area (Å²) in [5, 5.41) is 14.8. The molecule has 1 aromatic carbocycles. The predicted octanol–water partition coefficient (Wildman–Crippen LogP) is 2.99. The van der Waals surface area contributed by atoms with Crippen molar-refractivity contribution >= 4 is 23.6 Å². The van der Waals surface area contributed by atoms with Crippen molar-refractivity contribution in [1.82, 2.24) is 19.9 Å². The Hall–Kier alpha value is -2.61. The highest BCUT2D eigenvalue weighted by atomic mass is 32.2. The van der Waals surface area contributed by atoms with Gasteiger partial charge in [-0.15, -0.1) is 10.2 Å². The molecule has 124 valence electrons. The zero-order valence-corrected chi connectivity index (χ0v) is 14.4. The van der Waals surface area contributed by atoms with Crippen molar-refractivity contribution < 1.29 is 9.32 Å². The smallest absolute Gasteiger partial charge is 0.240 e. The minimum Gasteiger partial charge on any atom is -0.338 e. The molecule has 0 unspecified atom stereocenters. The van der Waals surface area contributed by atoms with Crippen molar-refractivity contribution in [3.8, 4) is 5.69 Å². The van der Waals surface area contributed by atoms with Crippen LogP contribution in [-0.2, 0) is 4.79 Å². The average molecular weight is 343 g/mol. The van der Waals surface area contributed by atoms with Gasteiger partial charge in [-0.25, -0.2) is 0 Å². The number of nitrogens with zero attached hydrogens (tertiary/aromatic N) is 4. The molecular weight excluding hydrogens is 326 g/mol. The number of para-hydroxylation sites is 1. The minimum atomic E-state index is -0.373. The highest BCUT2D eigenvalue weighted by Crippen LogP contribution is 2.26. The summed E-state index contributed by atoms with van der Waals surface area (Å²) in [7, 11) is 0. The first kappa shape index (κ1) is 16.3. The molecule has 0 aliphatic heterocycles. The molecule has 0 spiro atoms. The van der Waals surface area contributed by atoms with Crippen LogP contribution in [0.1, 0.15) is 18.2 Å². The quantitative estimate of drug-likeness (QED) is 0.717.